The van der Waals surface area contributed by atoms with Gasteiger partial charge >= 0.3 is 0 Å². The van der Waals surface area contributed by atoms with Crippen molar-refractivity contribution in [2.24, 2.45) is 11.7 Å². The van der Waals surface area contributed by atoms with Gasteiger partial charge in [0.25, 0.3) is 0 Å². The lowest BCUT2D eigenvalue weighted by Crippen LogP contribution is -2.38. The zero-order valence-electron chi connectivity index (χ0n) is 10.7. The summed E-state index contributed by atoms with van der Waals surface area (Å²) in [6.07, 6.45) is 0. The highest BCUT2D eigenvalue weighted by atomic mass is 32.1. The summed E-state index contributed by atoms with van der Waals surface area (Å²) < 4.78 is 0. The molecule has 17 heavy (non-hydrogen) atoms. The van der Waals surface area contributed by atoms with Gasteiger partial charge in [-0.2, -0.15) is 0 Å². The lowest BCUT2D eigenvalue weighted by molar-refractivity contribution is -0.125. The maximum atomic E-state index is 11.7. The van der Waals surface area contributed by atoms with E-state index in [-0.39, 0.29) is 17.9 Å². The molecule has 2 atom stereocenters. The Morgan fingerprint density at radius 3 is 2.47 bits per heavy atom. The molecular formula is C11H20N4OS. The average Bonchev–Trinajstić information content (AvgIpc) is 2.73. The topological polar surface area (TPSA) is 80.9 Å². The SMILES string of the molecule is CC(C)c1nnc(CNC(=O)C(C)C(C)N)s1. The Bertz CT molecular complexity index is 375. The summed E-state index contributed by atoms with van der Waals surface area (Å²) in [6, 6.07) is -0.143. The molecule has 0 saturated carbocycles. The molecule has 0 radical (unpaired) electrons. The smallest absolute Gasteiger partial charge is 0.224 e. The third kappa shape index (κ3) is 4.05. The van der Waals surface area contributed by atoms with E-state index in [9.17, 15) is 4.79 Å². The molecule has 2 unspecified atom stereocenters. The molecule has 1 heterocycles. The van der Waals surface area contributed by atoms with Crippen molar-refractivity contribution in [2.75, 3.05) is 0 Å². The summed E-state index contributed by atoms with van der Waals surface area (Å²) in [5.41, 5.74) is 5.66. The van der Waals surface area contributed by atoms with Crippen molar-refractivity contribution < 1.29 is 4.79 Å². The van der Waals surface area contributed by atoms with E-state index in [1.807, 2.05) is 13.8 Å². The van der Waals surface area contributed by atoms with Crippen LogP contribution in [0.4, 0.5) is 0 Å². The predicted molar refractivity (Wildman–Crippen MR) is 68.7 cm³/mol. The van der Waals surface area contributed by atoms with Gasteiger partial charge in [-0.1, -0.05) is 32.1 Å². The van der Waals surface area contributed by atoms with Gasteiger partial charge in [0.2, 0.25) is 5.91 Å². The lowest BCUT2D eigenvalue weighted by Gasteiger charge is -2.14. The van der Waals surface area contributed by atoms with Gasteiger partial charge in [-0.15, -0.1) is 10.2 Å². The third-order valence-corrected chi connectivity index (χ3v) is 3.82. The third-order valence-electron chi connectivity index (χ3n) is 2.59. The van der Waals surface area contributed by atoms with Gasteiger partial charge in [0.05, 0.1) is 6.54 Å². The van der Waals surface area contributed by atoms with Gasteiger partial charge in [0.1, 0.15) is 10.0 Å². The minimum Gasteiger partial charge on any atom is -0.349 e. The van der Waals surface area contributed by atoms with E-state index < -0.39 is 0 Å². The van der Waals surface area contributed by atoms with Crippen molar-refractivity contribution in [1.29, 1.82) is 0 Å². The van der Waals surface area contributed by atoms with Crippen molar-refractivity contribution in [3.05, 3.63) is 10.0 Å². The Labute approximate surface area is 106 Å². The van der Waals surface area contributed by atoms with Crippen LogP contribution in [0.5, 0.6) is 0 Å². The van der Waals surface area contributed by atoms with Gasteiger partial charge in [-0.05, 0) is 6.92 Å². The summed E-state index contributed by atoms with van der Waals surface area (Å²) in [7, 11) is 0. The summed E-state index contributed by atoms with van der Waals surface area (Å²) in [5, 5.41) is 12.8. The molecular weight excluding hydrogens is 236 g/mol. The first-order chi connectivity index (χ1) is 7.91. The van der Waals surface area contributed by atoms with Gasteiger partial charge in [-0.3, -0.25) is 4.79 Å². The molecule has 0 spiro atoms. The highest BCUT2D eigenvalue weighted by Gasteiger charge is 2.17. The van der Waals surface area contributed by atoms with Crippen LogP contribution in [-0.2, 0) is 11.3 Å². The molecule has 1 amide bonds. The number of nitrogens with zero attached hydrogens (tertiary/aromatic N) is 2. The predicted octanol–water partition coefficient (Wildman–Crippen LogP) is 1.26. The van der Waals surface area contributed by atoms with Crippen LogP contribution in [0.2, 0.25) is 0 Å². The zero-order valence-corrected chi connectivity index (χ0v) is 11.5. The summed E-state index contributed by atoms with van der Waals surface area (Å²) in [4.78, 5) is 11.7. The van der Waals surface area contributed by atoms with Crippen molar-refractivity contribution in [1.82, 2.24) is 15.5 Å². The summed E-state index contributed by atoms with van der Waals surface area (Å²) in [5.74, 6) is 0.147. The number of aromatic nitrogens is 2. The Morgan fingerprint density at radius 2 is 2.00 bits per heavy atom. The van der Waals surface area contributed by atoms with Crippen LogP contribution in [0.25, 0.3) is 0 Å². The minimum absolute atomic E-state index is 0.0405. The summed E-state index contributed by atoms with van der Waals surface area (Å²) in [6.45, 7) is 8.22. The van der Waals surface area contributed by atoms with Crippen molar-refractivity contribution in [3.8, 4) is 0 Å². The number of amides is 1. The highest BCUT2D eigenvalue weighted by Crippen LogP contribution is 2.18. The molecule has 1 rings (SSSR count). The molecule has 3 N–H and O–H groups in total. The maximum Gasteiger partial charge on any atom is 0.224 e. The fraction of sp³-hybridized carbons (Fsp3) is 0.727. The minimum atomic E-state index is -0.188. The zero-order chi connectivity index (χ0) is 13.0. The quantitative estimate of drug-likeness (QED) is 0.831. The molecule has 6 heteroatoms. The van der Waals surface area contributed by atoms with Crippen LogP contribution in [0, 0.1) is 5.92 Å². The molecule has 0 aliphatic rings. The molecule has 0 bridgehead atoms. The van der Waals surface area contributed by atoms with E-state index in [1.165, 1.54) is 11.3 Å². The standard InChI is InChI=1S/C11H20N4OS/c1-6(2)11-15-14-9(17-11)5-13-10(16)7(3)8(4)12/h6-8H,5,12H2,1-4H3,(H,13,16). The molecule has 5 nitrogen and oxygen atoms in total. The highest BCUT2D eigenvalue weighted by molar-refractivity contribution is 7.11. The Morgan fingerprint density at radius 1 is 1.35 bits per heavy atom. The van der Waals surface area contributed by atoms with Crippen LogP contribution in [-0.4, -0.2) is 22.1 Å². The molecule has 0 saturated heterocycles. The van der Waals surface area contributed by atoms with Crippen LogP contribution in [0.15, 0.2) is 0 Å². The lowest BCUT2D eigenvalue weighted by atomic mass is 10.0. The van der Waals surface area contributed by atoms with Crippen LogP contribution in [0.1, 0.15) is 43.6 Å². The second kappa shape index (κ2) is 6.07. The van der Waals surface area contributed by atoms with Gasteiger partial charge in [0.15, 0.2) is 0 Å². The molecule has 0 aliphatic carbocycles. The second-order valence-electron chi connectivity index (χ2n) is 4.55. The molecule has 1 aromatic heterocycles. The Kier molecular flexibility index (Phi) is 5.02. The van der Waals surface area contributed by atoms with Crippen LogP contribution >= 0.6 is 11.3 Å². The first-order valence-corrected chi connectivity index (χ1v) is 6.59. The first-order valence-electron chi connectivity index (χ1n) is 5.77. The number of carbonyl (C=O) groups excluding carboxylic acids is 1. The number of hydrogen-bond donors (Lipinski definition) is 2. The monoisotopic (exact) mass is 256 g/mol. The molecule has 0 aliphatic heterocycles. The fourth-order valence-corrected chi connectivity index (χ4v) is 1.92. The molecule has 0 aromatic carbocycles. The average molecular weight is 256 g/mol. The van der Waals surface area contributed by atoms with Crippen molar-refractivity contribution in [3.63, 3.8) is 0 Å². The van der Waals surface area contributed by atoms with E-state index in [0.29, 0.717) is 12.5 Å². The van der Waals surface area contributed by atoms with E-state index in [0.717, 1.165) is 10.0 Å². The van der Waals surface area contributed by atoms with Gasteiger partial charge in [0, 0.05) is 17.9 Å². The van der Waals surface area contributed by atoms with E-state index in [2.05, 4.69) is 29.4 Å². The largest absolute Gasteiger partial charge is 0.349 e. The second-order valence-corrected chi connectivity index (χ2v) is 5.65. The first kappa shape index (κ1) is 14.1. The summed E-state index contributed by atoms with van der Waals surface area (Å²) >= 11 is 1.53. The number of nitrogens with two attached hydrogens (primary N) is 1. The number of rotatable bonds is 5. The van der Waals surface area contributed by atoms with E-state index in [4.69, 9.17) is 5.73 Å². The van der Waals surface area contributed by atoms with Gasteiger partial charge in [-0.25, -0.2) is 0 Å². The van der Waals surface area contributed by atoms with E-state index >= 15 is 0 Å². The van der Waals surface area contributed by atoms with Crippen LogP contribution < -0.4 is 11.1 Å². The number of hydrogen-bond acceptors (Lipinski definition) is 5. The normalized spacial score (nSPS) is 14.7. The maximum absolute atomic E-state index is 11.7. The molecule has 1 aromatic rings. The Balaban J connectivity index is 2.47. The Hall–Kier alpha value is -1.01. The van der Waals surface area contributed by atoms with E-state index in [1.54, 1.807) is 0 Å². The number of nitrogens with one attached hydrogen (secondary N) is 1. The van der Waals surface area contributed by atoms with Crippen LogP contribution in [0.3, 0.4) is 0 Å². The fourth-order valence-electron chi connectivity index (χ4n) is 1.13. The van der Waals surface area contributed by atoms with Crippen molar-refractivity contribution in [2.45, 2.75) is 46.2 Å². The molecule has 0 fully saturated rings. The van der Waals surface area contributed by atoms with Gasteiger partial charge < -0.3 is 11.1 Å². The molecule has 96 valence electrons. The number of carbonyl (C=O) groups is 1. The van der Waals surface area contributed by atoms with Crippen molar-refractivity contribution >= 4 is 17.2 Å².